The van der Waals surface area contributed by atoms with Crippen molar-refractivity contribution in [1.82, 2.24) is 0 Å². The number of hydrogen-bond acceptors (Lipinski definition) is 6. The van der Waals surface area contributed by atoms with Gasteiger partial charge in [-0.15, -0.1) is 0 Å². The number of rotatable bonds is 13. The average Bonchev–Trinajstić information content (AvgIpc) is 2.76. The summed E-state index contributed by atoms with van der Waals surface area (Å²) in [7, 11) is -8.73. The van der Waals surface area contributed by atoms with E-state index in [1.165, 1.54) is 48.5 Å². The molecule has 0 heterocycles. The molecule has 2 aromatic carbocycles. The van der Waals surface area contributed by atoms with Gasteiger partial charge in [-0.2, -0.15) is 0 Å². The lowest BCUT2D eigenvalue weighted by Crippen LogP contribution is -2.36. The van der Waals surface area contributed by atoms with Gasteiger partial charge in [0.2, 0.25) is 6.04 Å². The molecule has 9 heteroatoms. The van der Waals surface area contributed by atoms with Crippen LogP contribution in [0.1, 0.15) is 51.9 Å². The SMILES string of the molecule is CCCCCCC[C@H](CC(S(=O)(=O)c1ccccc1)S(=O)(=O)c1ccccc1)[N+](=O)[O-]. The third kappa shape index (κ3) is 6.61. The minimum Gasteiger partial charge on any atom is -0.264 e. The van der Waals surface area contributed by atoms with Crippen LogP contribution in [0.25, 0.3) is 0 Å². The van der Waals surface area contributed by atoms with Gasteiger partial charge in [0.15, 0.2) is 24.3 Å². The summed E-state index contributed by atoms with van der Waals surface area (Å²) >= 11 is 0. The van der Waals surface area contributed by atoms with E-state index in [2.05, 4.69) is 6.92 Å². The molecule has 0 N–H and O–H groups in total. The van der Waals surface area contributed by atoms with E-state index in [0.717, 1.165) is 25.7 Å². The van der Waals surface area contributed by atoms with Gasteiger partial charge < -0.3 is 0 Å². The number of sulfone groups is 2. The maximum Gasteiger partial charge on any atom is 0.215 e. The molecule has 0 amide bonds. The van der Waals surface area contributed by atoms with Crippen molar-refractivity contribution in [3.8, 4) is 0 Å². The normalized spacial score (nSPS) is 13.2. The Balaban J connectivity index is 2.41. The first-order valence-electron chi connectivity index (χ1n) is 10.4. The third-order valence-corrected chi connectivity index (χ3v) is 10.4. The molecular formula is C22H29NO6S2. The molecule has 170 valence electrons. The molecule has 0 saturated carbocycles. The smallest absolute Gasteiger partial charge is 0.215 e. The number of nitro groups is 1. The molecule has 0 aliphatic rings. The van der Waals surface area contributed by atoms with E-state index in [0.29, 0.717) is 6.42 Å². The van der Waals surface area contributed by atoms with Gasteiger partial charge in [-0.1, -0.05) is 69.0 Å². The van der Waals surface area contributed by atoms with Crippen molar-refractivity contribution in [2.75, 3.05) is 0 Å². The van der Waals surface area contributed by atoms with Gasteiger partial charge in [0.1, 0.15) is 0 Å². The van der Waals surface area contributed by atoms with E-state index in [9.17, 15) is 26.9 Å². The Bertz CT molecular complexity index is 968. The zero-order valence-corrected chi connectivity index (χ0v) is 19.2. The summed E-state index contributed by atoms with van der Waals surface area (Å²) in [4.78, 5) is 10.8. The summed E-state index contributed by atoms with van der Waals surface area (Å²) in [5, 5.41) is 11.7. The highest BCUT2D eigenvalue weighted by atomic mass is 32.3. The number of nitrogens with zero attached hydrogens (tertiary/aromatic N) is 1. The molecule has 0 fully saturated rings. The summed E-state index contributed by atoms with van der Waals surface area (Å²) in [5.74, 6) is 0. The molecule has 31 heavy (non-hydrogen) atoms. The fraction of sp³-hybridized carbons (Fsp3) is 0.455. The van der Waals surface area contributed by atoms with E-state index in [4.69, 9.17) is 0 Å². The predicted molar refractivity (Wildman–Crippen MR) is 120 cm³/mol. The standard InChI is InChI=1S/C22H29NO6S2/c1-2-3-4-5-8-13-19(23(24)25)18-22(30(26,27)20-14-9-6-10-15-20)31(28,29)21-16-11-7-12-17-21/h6-7,9-12,14-17,19,22H,2-5,8,13,18H2,1H3/t19-/m1/s1. The van der Waals surface area contributed by atoms with Crippen LogP contribution in [0, 0.1) is 10.1 Å². The molecule has 2 aromatic rings. The van der Waals surface area contributed by atoms with Crippen molar-refractivity contribution in [1.29, 1.82) is 0 Å². The van der Waals surface area contributed by atoms with E-state index >= 15 is 0 Å². The predicted octanol–water partition coefficient (Wildman–Crippen LogP) is 4.66. The van der Waals surface area contributed by atoms with Crippen LogP contribution in [0.5, 0.6) is 0 Å². The number of unbranched alkanes of at least 4 members (excludes halogenated alkanes) is 4. The van der Waals surface area contributed by atoms with Crippen molar-refractivity contribution < 1.29 is 21.8 Å². The quantitative estimate of drug-likeness (QED) is 0.241. The molecule has 2 rings (SSSR count). The monoisotopic (exact) mass is 467 g/mol. The molecular weight excluding hydrogens is 438 g/mol. The highest BCUT2D eigenvalue weighted by Gasteiger charge is 2.43. The van der Waals surface area contributed by atoms with Gasteiger partial charge in [-0.05, 0) is 30.7 Å². The molecule has 0 aliphatic carbocycles. The van der Waals surface area contributed by atoms with Crippen molar-refractivity contribution in [2.24, 2.45) is 0 Å². The number of hydrogen-bond donors (Lipinski definition) is 0. The maximum absolute atomic E-state index is 13.3. The van der Waals surface area contributed by atoms with E-state index in [-0.39, 0.29) is 16.2 Å². The Hall–Kier alpha value is -2.26. The Morgan fingerprint density at radius 3 is 1.65 bits per heavy atom. The van der Waals surface area contributed by atoms with Gasteiger partial charge in [0.25, 0.3) is 0 Å². The fourth-order valence-electron chi connectivity index (χ4n) is 3.46. The zero-order chi connectivity index (χ0) is 22.9. The second-order valence-electron chi connectivity index (χ2n) is 7.52. The second kappa shape index (κ2) is 11.4. The molecule has 0 radical (unpaired) electrons. The first-order valence-corrected chi connectivity index (χ1v) is 13.5. The summed E-state index contributed by atoms with van der Waals surface area (Å²) in [6.07, 6.45) is 3.89. The lowest BCUT2D eigenvalue weighted by molar-refractivity contribution is -0.524. The maximum atomic E-state index is 13.3. The molecule has 1 atom stereocenters. The van der Waals surface area contributed by atoms with Crippen LogP contribution >= 0.6 is 0 Å². The van der Waals surface area contributed by atoms with Gasteiger partial charge in [0, 0.05) is 17.8 Å². The van der Waals surface area contributed by atoms with Crippen molar-refractivity contribution in [2.45, 2.75) is 72.3 Å². The molecule has 7 nitrogen and oxygen atoms in total. The van der Waals surface area contributed by atoms with Crippen LogP contribution in [0.4, 0.5) is 0 Å². The van der Waals surface area contributed by atoms with Crippen molar-refractivity contribution in [3.05, 3.63) is 70.8 Å². The van der Waals surface area contributed by atoms with Crippen LogP contribution in [0.2, 0.25) is 0 Å². The molecule has 0 bridgehead atoms. The topological polar surface area (TPSA) is 111 Å². The number of benzene rings is 2. The molecule has 0 aromatic heterocycles. The Morgan fingerprint density at radius 1 is 0.774 bits per heavy atom. The Morgan fingerprint density at radius 2 is 1.23 bits per heavy atom. The van der Waals surface area contributed by atoms with Gasteiger partial charge >= 0.3 is 0 Å². The van der Waals surface area contributed by atoms with Gasteiger partial charge in [-0.25, -0.2) is 16.8 Å². The van der Waals surface area contributed by atoms with Crippen molar-refractivity contribution >= 4 is 19.7 Å². The van der Waals surface area contributed by atoms with Crippen LogP contribution in [0.15, 0.2) is 70.5 Å². The van der Waals surface area contributed by atoms with E-state index in [1.807, 2.05) is 0 Å². The lowest BCUT2D eigenvalue weighted by Gasteiger charge is -2.20. The Kier molecular flexibility index (Phi) is 9.18. The first-order chi connectivity index (χ1) is 14.7. The van der Waals surface area contributed by atoms with Crippen LogP contribution < -0.4 is 0 Å². The summed E-state index contributed by atoms with van der Waals surface area (Å²) in [5.41, 5.74) is 0. The summed E-state index contributed by atoms with van der Waals surface area (Å²) in [6.45, 7) is 2.06. The first kappa shape index (κ1) is 25.0. The van der Waals surface area contributed by atoms with Gasteiger partial charge in [-0.3, -0.25) is 10.1 Å². The van der Waals surface area contributed by atoms with Crippen LogP contribution in [-0.4, -0.2) is 32.4 Å². The zero-order valence-electron chi connectivity index (χ0n) is 17.6. The van der Waals surface area contributed by atoms with Crippen LogP contribution in [0.3, 0.4) is 0 Å². The minimum atomic E-state index is -4.37. The van der Waals surface area contributed by atoms with Gasteiger partial charge in [0.05, 0.1) is 9.79 Å². The minimum absolute atomic E-state index is 0.141. The van der Waals surface area contributed by atoms with E-state index < -0.39 is 41.6 Å². The lowest BCUT2D eigenvalue weighted by atomic mass is 10.1. The summed E-state index contributed by atoms with van der Waals surface area (Å²) < 4.78 is 51.4. The largest absolute Gasteiger partial charge is 0.264 e. The highest BCUT2D eigenvalue weighted by Crippen LogP contribution is 2.30. The van der Waals surface area contributed by atoms with Crippen molar-refractivity contribution in [3.63, 3.8) is 0 Å². The second-order valence-corrected chi connectivity index (χ2v) is 12.1. The average molecular weight is 468 g/mol. The fourth-order valence-corrected chi connectivity index (χ4v) is 8.09. The highest BCUT2D eigenvalue weighted by molar-refractivity contribution is 8.09. The molecule has 0 spiro atoms. The van der Waals surface area contributed by atoms with E-state index in [1.54, 1.807) is 12.1 Å². The Labute approximate surface area is 184 Å². The third-order valence-electron chi connectivity index (χ3n) is 5.24. The molecule has 0 saturated heterocycles. The van der Waals surface area contributed by atoms with Crippen LogP contribution in [-0.2, 0) is 19.7 Å². The molecule has 0 unspecified atom stereocenters. The summed E-state index contributed by atoms with van der Waals surface area (Å²) in [6, 6.07) is 13.2. The molecule has 0 aliphatic heterocycles.